The molecule has 2 heterocycles. The quantitative estimate of drug-likeness (QED) is 0.743. The summed E-state index contributed by atoms with van der Waals surface area (Å²) in [5.41, 5.74) is 3.51. The first-order chi connectivity index (χ1) is 7.34. The molecule has 15 heavy (non-hydrogen) atoms. The fourth-order valence-corrected chi connectivity index (χ4v) is 2.28. The third-order valence-corrected chi connectivity index (χ3v) is 3.12. The van der Waals surface area contributed by atoms with Crippen molar-refractivity contribution in [2.24, 2.45) is 0 Å². The summed E-state index contributed by atoms with van der Waals surface area (Å²) in [4.78, 5) is 8.08. The maximum atomic E-state index is 4.68. The molecule has 0 radical (unpaired) electrons. The van der Waals surface area contributed by atoms with Crippen molar-refractivity contribution in [2.75, 3.05) is 6.54 Å². The van der Waals surface area contributed by atoms with Crippen LogP contribution < -0.4 is 5.32 Å². The van der Waals surface area contributed by atoms with Gasteiger partial charge in [0.25, 0.3) is 0 Å². The number of para-hydroxylation sites is 1. The van der Waals surface area contributed by atoms with E-state index in [9.17, 15) is 0 Å². The standard InChI is InChI=1S/C12H15N3/c1-8-4-2-5-9-11(8)15-12(14-9)10-6-3-7-13-10/h2,4-5,10,13H,3,6-7H2,1H3,(H,14,15). The van der Waals surface area contributed by atoms with Gasteiger partial charge in [-0.15, -0.1) is 0 Å². The number of nitrogens with one attached hydrogen (secondary N) is 2. The van der Waals surface area contributed by atoms with Crippen molar-refractivity contribution >= 4 is 11.0 Å². The van der Waals surface area contributed by atoms with Crippen LogP contribution in [-0.2, 0) is 0 Å². The molecule has 0 amide bonds. The van der Waals surface area contributed by atoms with E-state index < -0.39 is 0 Å². The maximum Gasteiger partial charge on any atom is 0.124 e. The summed E-state index contributed by atoms with van der Waals surface area (Å²) < 4.78 is 0. The van der Waals surface area contributed by atoms with Gasteiger partial charge in [-0.3, -0.25) is 0 Å². The van der Waals surface area contributed by atoms with Gasteiger partial charge in [-0.25, -0.2) is 4.98 Å². The van der Waals surface area contributed by atoms with Crippen molar-refractivity contribution in [3.8, 4) is 0 Å². The molecule has 1 aromatic heterocycles. The summed E-state index contributed by atoms with van der Waals surface area (Å²) in [6, 6.07) is 6.70. The third-order valence-electron chi connectivity index (χ3n) is 3.12. The minimum absolute atomic E-state index is 0.428. The zero-order valence-electron chi connectivity index (χ0n) is 8.88. The van der Waals surface area contributed by atoms with Crippen LogP contribution in [0.1, 0.15) is 30.3 Å². The molecule has 0 saturated carbocycles. The highest BCUT2D eigenvalue weighted by atomic mass is 15.0. The Balaban J connectivity index is 2.09. The van der Waals surface area contributed by atoms with Crippen molar-refractivity contribution in [1.82, 2.24) is 15.3 Å². The highest BCUT2D eigenvalue weighted by Crippen LogP contribution is 2.24. The summed E-state index contributed by atoms with van der Waals surface area (Å²) in [5, 5.41) is 3.46. The molecule has 1 aliphatic rings. The molecule has 1 aromatic carbocycles. The second kappa shape index (κ2) is 3.35. The number of aromatic nitrogens is 2. The molecule has 0 spiro atoms. The molecule has 1 aliphatic heterocycles. The van der Waals surface area contributed by atoms with Gasteiger partial charge in [0, 0.05) is 0 Å². The largest absolute Gasteiger partial charge is 0.341 e. The first-order valence-electron chi connectivity index (χ1n) is 5.53. The molecular weight excluding hydrogens is 186 g/mol. The van der Waals surface area contributed by atoms with E-state index >= 15 is 0 Å². The van der Waals surface area contributed by atoms with Crippen LogP contribution in [0.3, 0.4) is 0 Å². The monoisotopic (exact) mass is 201 g/mol. The van der Waals surface area contributed by atoms with Crippen molar-refractivity contribution in [2.45, 2.75) is 25.8 Å². The van der Waals surface area contributed by atoms with Crippen molar-refractivity contribution in [3.63, 3.8) is 0 Å². The minimum Gasteiger partial charge on any atom is -0.341 e. The molecule has 0 aliphatic carbocycles. The third kappa shape index (κ3) is 1.43. The predicted molar refractivity (Wildman–Crippen MR) is 60.8 cm³/mol. The van der Waals surface area contributed by atoms with Crippen LogP contribution in [0, 0.1) is 6.92 Å². The minimum atomic E-state index is 0.428. The van der Waals surface area contributed by atoms with Crippen molar-refractivity contribution in [1.29, 1.82) is 0 Å². The van der Waals surface area contributed by atoms with E-state index in [4.69, 9.17) is 0 Å². The van der Waals surface area contributed by atoms with E-state index in [0.717, 1.165) is 23.4 Å². The Hall–Kier alpha value is -1.35. The molecule has 1 saturated heterocycles. The van der Waals surface area contributed by atoms with Gasteiger partial charge in [0.2, 0.25) is 0 Å². The van der Waals surface area contributed by atoms with Gasteiger partial charge in [0.05, 0.1) is 17.1 Å². The molecular formula is C12H15N3. The number of fused-ring (bicyclic) bond motifs is 1. The first-order valence-corrected chi connectivity index (χ1v) is 5.53. The van der Waals surface area contributed by atoms with E-state index in [1.165, 1.54) is 18.4 Å². The van der Waals surface area contributed by atoms with E-state index in [1.54, 1.807) is 0 Å². The van der Waals surface area contributed by atoms with E-state index in [1.807, 2.05) is 0 Å². The van der Waals surface area contributed by atoms with Gasteiger partial charge < -0.3 is 10.3 Å². The first kappa shape index (κ1) is 8.92. The number of benzene rings is 1. The summed E-state index contributed by atoms with van der Waals surface area (Å²) in [6.07, 6.45) is 2.44. The van der Waals surface area contributed by atoms with E-state index in [2.05, 4.69) is 40.4 Å². The van der Waals surface area contributed by atoms with Crippen LogP contribution in [0.15, 0.2) is 18.2 Å². The Morgan fingerprint density at radius 3 is 3.07 bits per heavy atom. The number of aryl methyl sites for hydroxylation is 1. The molecule has 3 heteroatoms. The van der Waals surface area contributed by atoms with E-state index in [-0.39, 0.29) is 0 Å². The van der Waals surface area contributed by atoms with Crippen LogP contribution in [-0.4, -0.2) is 16.5 Å². The van der Waals surface area contributed by atoms with Gasteiger partial charge in [0.15, 0.2) is 0 Å². The number of imidazole rings is 1. The Labute approximate surface area is 88.9 Å². The summed E-state index contributed by atoms with van der Waals surface area (Å²) >= 11 is 0. The Kier molecular flexibility index (Phi) is 1.99. The zero-order valence-corrected chi connectivity index (χ0v) is 8.88. The lowest BCUT2D eigenvalue weighted by Gasteiger charge is -2.04. The molecule has 78 valence electrons. The van der Waals surface area contributed by atoms with E-state index in [0.29, 0.717) is 6.04 Å². The van der Waals surface area contributed by atoms with Gasteiger partial charge in [-0.1, -0.05) is 12.1 Å². The van der Waals surface area contributed by atoms with Gasteiger partial charge in [-0.05, 0) is 37.9 Å². The van der Waals surface area contributed by atoms with Crippen LogP contribution >= 0.6 is 0 Å². The average molecular weight is 201 g/mol. The molecule has 3 rings (SSSR count). The maximum absolute atomic E-state index is 4.68. The molecule has 3 nitrogen and oxygen atoms in total. The average Bonchev–Trinajstić information content (AvgIpc) is 2.86. The number of aromatic amines is 1. The predicted octanol–water partition coefficient (Wildman–Crippen LogP) is 2.30. The number of hydrogen-bond donors (Lipinski definition) is 2. The SMILES string of the molecule is Cc1cccc2[nH]c(C3CCCN3)nc12. The summed E-state index contributed by atoms with van der Waals surface area (Å²) in [5.74, 6) is 1.09. The Morgan fingerprint density at radius 2 is 2.33 bits per heavy atom. The topological polar surface area (TPSA) is 40.7 Å². The number of H-pyrrole nitrogens is 1. The Morgan fingerprint density at radius 1 is 1.40 bits per heavy atom. The summed E-state index contributed by atoms with van der Waals surface area (Å²) in [7, 11) is 0. The lowest BCUT2D eigenvalue weighted by Crippen LogP contribution is -2.14. The molecule has 2 aromatic rings. The molecule has 2 N–H and O–H groups in total. The highest BCUT2D eigenvalue weighted by molar-refractivity contribution is 5.78. The number of rotatable bonds is 1. The smallest absolute Gasteiger partial charge is 0.124 e. The van der Waals surface area contributed by atoms with Gasteiger partial charge in [-0.2, -0.15) is 0 Å². The molecule has 1 atom stereocenters. The van der Waals surface area contributed by atoms with Crippen LogP contribution in [0.5, 0.6) is 0 Å². The van der Waals surface area contributed by atoms with Crippen LogP contribution in [0.4, 0.5) is 0 Å². The lowest BCUT2D eigenvalue weighted by atomic mass is 10.2. The van der Waals surface area contributed by atoms with Crippen molar-refractivity contribution < 1.29 is 0 Å². The molecule has 1 unspecified atom stereocenters. The van der Waals surface area contributed by atoms with Crippen molar-refractivity contribution in [3.05, 3.63) is 29.6 Å². The second-order valence-corrected chi connectivity index (χ2v) is 4.24. The summed E-state index contributed by atoms with van der Waals surface area (Å²) in [6.45, 7) is 3.22. The van der Waals surface area contributed by atoms with Crippen LogP contribution in [0.25, 0.3) is 11.0 Å². The number of hydrogen-bond acceptors (Lipinski definition) is 2. The second-order valence-electron chi connectivity index (χ2n) is 4.24. The lowest BCUT2D eigenvalue weighted by molar-refractivity contribution is 0.614. The number of nitrogens with zero attached hydrogens (tertiary/aromatic N) is 1. The normalized spacial score (nSPS) is 21.3. The van der Waals surface area contributed by atoms with Gasteiger partial charge >= 0.3 is 0 Å². The Bertz CT molecular complexity index is 481. The molecule has 1 fully saturated rings. The zero-order chi connectivity index (χ0) is 10.3. The highest BCUT2D eigenvalue weighted by Gasteiger charge is 2.19. The van der Waals surface area contributed by atoms with Gasteiger partial charge in [0.1, 0.15) is 5.82 Å². The fourth-order valence-electron chi connectivity index (χ4n) is 2.28. The fraction of sp³-hybridized carbons (Fsp3) is 0.417. The van der Waals surface area contributed by atoms with Crippen LogP contribution in [0.2, 0.25) is 0 Å². The molecule has 0 bridgehead atoms.